The van der Waals surface area contributed by atoms with Crippen molar-refractivity contribution in [2.24, 2.45) is 0 Å². The fraction of sp³-hybridized carbons (Fsp3) is 0.333. The Morgan fingerprint density at radius 3 is 2.21 bits per heavy atom. The second-order valence-corrected chi connectivity index (χ2v) is 8.35. The number of para-hydroxylation sites is 1. The molecule has 3 heteroatoms. The second-order valence-electron chi connectivity index (χ2n) is 5.97. The van der Waals surface area contributed by atoms with Crippen molar-refractivity contribution in [3.05, 3.63) is 72.3 Å². The van der Waals surface area contributed by atoms with Crippen molar-refractivity contribution >= 4 is 12.7 Å². The number of hydrogen-bond acceptors (Lipinski definition) is 2. The molecule has 0 amide bonds. The summed E-state index contributed by atoms with van der Waals surface area (Å²) in [6.45, 7) is 8.06. The lowest BCUT2D eigenvalue weighted by Crippen LogP contribution is -2.17. The normalized spacial score (nSPS) is 13.2. The Morgan fingerprint density at radius 1 is 0.958 bits per heavy atom. The number of rotatable bonds is 9. The molecule has 0 N–H and O–H groups in total. The lowest BCUT2D eigenvalue weighted by molar-refractivity contribution is 0.491. The summed E-state index contributed by atoms with van der Waals surface area (Å²) >= 11 is 0. The van der Waals surface area contributed by atoms with Crippen molar-refractivity contribution in [2.75, 3.05) is 6.16 Å². The minimum atomic E-state index is -3.03. The van der Waals surface area contributed by atoms with Gasteiger partial charge in [0.2, 0.25) is 0 Å². The van der Waals surface area contributed by atoms with Crippen LogP contribution in [0.2, 0.25) is 0 Å². The monoisotopic (exact) mass is 342 g/mol. The largest absolute Gasteiger partial charge is 0.439 e. The van der Waals surface area contributed by atoms with Crippen molar-refractivity contribution < 1.29 is 9.09 Å². The highest BCUT2D eigenvalue weighted by Crippen LogP contribution is 2.48. The van der Waals surface area contributed by atoms with E-state index < -0.39 is 7.37 Å². The van der Waals surface area contributed by atoms with E-state index in [1.807, 2.05) is 36.4 Å². The van der Waals surface area contributed by atoms with E-state index in [1.54, 1.807) is 6.08 Å². The fourth-order valence-corrected chi connectivity index (χ4v) is 5.05. The fourth-order valence-electron chi connectivity index (χ4n) is 2.91. The molecule has 0 bridgehead atoms. The Morgan fingerprint density at radius 2 is 1.54 bits per heavy atom. The summed E-state index contributed by atoms with van der Waals surface area (Å²) in [5, 5.41) is 0.832. The molecule has 0 aliphatic carbocycles. The van der Waals surface area contributed by atoms with Crippen LogP contribution in [0.3, 0.4) is 0 Å². The first kappa shape index (κ1) is 18.5. The molecule has 0 spiro atoms. The summed E-state index contributed by atoms with van der Waals surface area (Å²) in [6, 6.07) is 15.8. The van der Waals surface area contributed by atoms with Gasteiger partial charge in [-0.1, -0.05) is 69.2 Å². The molecule has 1 unspecified atom stereocenters. The Kier molecular flexibility index (Phi) is 6.87. The average Bonchev–Trinajstić information content (AvgIpc) is 2.58. The third kappa shape index (κ3) is 4.39. The van der Waals surface area contributed by atoms with E-state index in [1.165, 1.54) is 0 Å². The van der Waals surface area contributed by atoms with Crippen LogP contribution < -0.4 is 9.83 Å². The molecule has 0 heterocycles. The van der Waals surface area contributed by atoms with Gasteiger partial charge in [0.15, 0.2) is 0 Å². The molecule has 24 heavy (non-hydrogen) atoms. The molecular formula is C21H27O2P. The Labute approximate surface area is 146 Å². The second kappa shape index (κ2) is 8.89. The maximum atomic E-state index is 13.7. The van der Waals surface area contributed by atoms with Crippen molar-refractivity contribution in [1.29, 1.82) is 0 Å². The highest BCUT2D eigenvalue weighted by Gasteiger charge is 2.29. The Balaban J connectivity index is 2.46. The smallest absolute Gasteiger partial charge is 0.281 e. The van der Waals surface area contributed by atoms with E-state index in [0.29, 0.717) is 6.16 Å². The predicted octanol–water partition coefficient (Wildman–Crippen LogP) is 5.76. The third-order valence-corrected chi connectivity index (χ3v) is 6.39. The zero-order valence-electron chi connectivity index (χ0n) is 14.7. The van der Waals surface area contributed by atoms with Gasteiger partial charge in [0, 0.05) is 0 Å². The minimum absolute atomic E-state index is 0.341. The van der Waals surface area contributed by atoms with E-state index in [-0.39, 0.29) is 0 Å². The molecule has 0 fully saturated rings. The molecule has 0 aromatic heterocycles. The zero-order chi connectivity index (χ0) is 17.4. The van der Waals surface area contributed by atoms with Crippen LogP contribution in [0.5, 0.6) is 5.75 Å². The van der Waals surface area contributed by atoms with Crippen molar-refractivity contribution in [3.63, 3.8) is 0 Å². The lowest BCUT2D eigenvalue weighted by atomic mass is 10.1. The van der Waals surface area contributed by atoms with Crippen molar-refractivity contribution in [1.82, 2.24) is 0 Å². The van der Waals surface area contributed by atoms with Gasteiger partial charge in [-0.25, -0.2) is 0 Å². The summed E-state index contributed by atoms with van der Waals surface area (Å²) in [5.74, 6) is 0.732. The molecule has 0 aliphatic heterocycles. The van der Waals surface area contributed by atoms with Gasteiger partial charge < -0.3 is 4.52 Å². The van der Waals surface area contributed by atoms with Crippen LogP contribution in [0.15, 0.2) is 61.2 Å². The van der Waals surface area contributed by atoms with Gasteiger partial charge in [-0.15, -0.1) is 6.58 Å². The average molecular weight is 342 g/mol. The van der Waals surface area contributed by atoms with Gasteiger partial charge in [-0.2, -0.15) is 0 Å². The number of allylic oxidation sites excluding steroid dienone is 1. The highest BCUT2D eigenvalue weighted by atomic mass is 31.2. The van der Waals surface area contributed by atoms with Crippen molar-refractivity contribution in [2.45, 2.75) is 39.5 Å². The van der Waals surface area contributed by atoms with Crippen LogP contribution in [0.25, 0.3) is 0 Å². The summed E-state index contributed by atoms with van der Waals surface area (Å²) < 4.78 is 19.9. The van der Waals surface area contributed by atoms with E-state index in [0.717, 1.165) is 47.9 Å². The number of hydrogen-bond donors (Lipinski definition) is 0. The standard InChI is InChI=1S/C21H27O2P/c1-4-11-18-13-7-9-15-20(18)23-24(22,17-6-3)21-16-10-8-14-19(21)12-5-2/h6-10,13-16H,3-5,11-12,17H2,1-2H3. The van der Waals surface area contributed by atoms with E-state index in [9.17, 15) is 4.57 Å². The Bertz CT molecular complexity index is 721. The number of benzene rings is 2. The van der Waals surface area contributed by atoms with Gasteiger partial charge in [0.05, 0.1) is 11.5 Å². The van der Waals surface area contributed by atoms with Gasteiger partial charge in [-0.3, -0.25) is 4.57 Å². The van der Waals surface area contributed by atoms with Gasteiger partial charge in [0.1, 0.15) is 5.75 Å². The Hall–Kier alpha value is -1.79. The molecule has 2 aromatic carbocycles. The first-order chi connectivity index (χ1) is 11.6. The maximum Gasteiger partial charge on any atom is 0.281 e. The SMILES string of the molecule is C=CCP(=O)(Oc1ccccc1CCC)c1ccccc1CCC. The van der Waals surface area contributed by atoms with E-state index >= 15 is 0 Å². The molecule has 0 aliphatic rings. The van der Waals surface area contributed by atoms with Crippen LogP contribution in [-0.2, 0) is 17.4 Å². The van der Waals surface area contributed by atoms with Crippen LogP contribution in [0, 0.1) is 0 Å². The molecule has 128 valence electrons. The third-order valence-electron chi connectivity index (χ3n) is 3.99. The first-order valence-electron chi connectivity index (χ1n) is 8.70. The van der Waals surface area contributed by atoms with E-state index in [2.05, 4.69) is 32.6 Å². The summed E-state index contributed by atoms with van der Waals surface area (Å²) in [4.78, 5) is 0. The van der Waals surface area contributed by atoms with Gasteiger partial charge in [-0.05, 0) is 36.1 Å². The molecule has 2 rings (SSSR count). The molecule has 1 atom stereocenters. The summed E-state index contributed by atoms with van der Waals surface area (Å²) in [5.41, 5.74) is 2.22. The first-order valence-corrected chi connectivity index (χ1v) is 10.5. The summed E-state index contributed by atoms with van der Waals surface area (Å²) in [7, 11) is -3.03. The molecule has 2 nitrogen and oxygen atoms in total. The quantitative estimate of drug-likeness (QED) is 0.428. The zero-order valence-corrected chi connectivity index (χ0v) is 15.6. The minimum Gasteiger partial charge on any atom is -0.439 e. The van der Waals surface area contributed by atoms with Gasteiger partial charge >= 0.3 is 0 Å². The molecule has 2 aromatic rings. The molecule has 0 radical (unpaired) electrons. The van der Waals surface area contributed by atoms with Crippen LogP contribution in [0.1, 0.15) is 37.8 Å². The topological polar surface area (TPSA) is 26.3 Å². The number of aryl methyl sites for hydroxylation is 2. The van der Waals surface area contributed by atoms with Crippen LogP contribution >= 0.6 is 7.37 Å². The molecule has 0 saturated heterocycles. The molecule has 0 saturated carbocycles. The van der Waals surface area contributed by atoms with Crippen molar-refractivity contribution in [3.8, 4) is 5.75 Å². The summed E-state index contributed by atoms with van der Waals surface area (Å²) in [6.07, 6.45) is 5.90. The lowest BCUT2D eigenvalue weighted by Gasteiger charge is -2.23. The van der Waals surface area contributed by atoms with Gasteiger partial charge in [0.25, 0.3) is 7.37 Å². The molecular weight excluding hydrogens is 315 g/mol. The maximum absolute atomic E-state index is 13.7. The van der Waals surface area contributed by atoms with Crippen LogP contribution in [0.4, 0.5) is 0 Å². The predicted molar refractivity (Wildman–Crippen MR) is 104 cm³/mol. The van der Waals surface area contributed by atoms with E-state index in [4.69, 9.17) is 4.52 Å². The highest BCUT2D eigenvalue weighted by molar-refractivity contribution is 7.67. The van der Waals surface area contributed by atoms with Crippen LogP contribution in [-0.4, -0.2) is 6.16 Å².